The van der Waals surface area contributed by atoms with Crippen LogP contribution in [-0.2, 0) is 0 Å². The van der Waals surface area contributed by atoms with E-state index in [0.717, 1.165) is 12.1 Å². The zero-order chi connectivity index (χ0) is 28.3. The van der Waals surface area contributed by atoms with Gasteiger partial charge in [-0.15, -0.1) is 13.2 Å². The third-order valence-corrected chi connectivity index (χ3v) is 4.20. The molecule has 3 aromatic carbocycles. The Kier molecular flexibility index (Phi) is 6.60. The third-order valence-electron chi connectivity index (χ3n) is 4.00. The molecule has 0 unspecified atom stereocenters. The fourth-order valence-corrected chi connectivity index (χ4v) is 2.84. The number of para-hydroxylation sites is 1. The number of carbonyl (C=O) groups excluding carboxylic acids is 1. The van der Waals surface area contributed by atoms with Gasteiger partial charge in [-0.25, -0.2) is 4.39 Å². The quantitative estimate of drug-likeness (QED) is 0.216. The summed E-state index contributed by atoms with van der Waals surface area (Å²) in [6.07, 6.45) is -5.14. The Labute approximate surface area is 202 Å². The molecule has 0 aliphatic rings. The molecule has 0 saturated heterocycles. The topological polar surface area (TPSA) is 63.2 Å². The number of methoxy groups -OCH3 is 1. The fourth-order valence-electron chi connectivity index (χ4n) is 2.69. The Morgan fingerprint density at radius 2 is 1.66 bits per heavy atom. The van der Waals surface area contributed by atoms with Crippen LogP contribution in [0.5, 0.6) is 40.2 Å². The number of hydrogen-bond donors (Lipinski definition) is 0. The molecule has 0 radical (unpaired) electrons. The molecule has 3 rings (SSSR count). The van der Waals surface area contributed by atoms with Crippen molar-refractivity contribution in [1.82, 2.24) is 0 Å². The standard InChI is InChI=1S/C22H13ClF6O6/c1-31-17-9-11(35-22(27,28)29)6-7-16(17)33-18-10-12(32-21(25)26)8-14(24)19(18)34-15-5-3-2-4-13(15)20(23)30/h2-10,21H,1H3/i1D3. The van der Waals surface area contributed by atoms with Crippen molar-refractivity contribution in [2.75, 3.05) is 7.04 Å². The van der Waals surface area contributed by atoms with Crippen molar-refractivity contribution >= 4 is 16.8 Å². The summed E-state index contributed by atoms with van der Waals surface area (Å²) < 4.78 is 124. The summed E-state index contributed by atoms with van der Waals surface area (Å²) in [5, 5.41) is -0.991. The molecule has 0 amide bonds. The first-order valence-electron chi connectivity index (χ1n) is 10.6. The lowest BCUT2D eigenvalue weighted by Gasteiger charge is -2.18. The molecule has 0 atom stereocenters. The molecule has 0 aromatic heterocycles. The van der Waals surface area contributed by atoms with Crippen molar-refractivity contribution in [2.24, 2.45) is 0 Å². The maximum atomic E-state index is 15.0. The van der Waals surface area contributed by atoms with Gasteiger partial charge in [0.2, 0.25) is 5.75 Å². The summed E-state index contributed by atoms with van der Waals surface area (Å²) in [5.74, 6) is -6.26. The van der Waals surface area contributed by atoms with Crippen LogP contribution in [0.4, 0.5) is 26.3 Å². The molecule has 0 heterocycles. The number of alkyl halides is 5. The van der Waals surface area contributed by atoms with Crippen molar-refractivity contribution in [2.45, 2.75) is 13.0 Å². The summed E-state index contributed by atoms with van der Waals surface area (Å²) in [7, 11) is -3.19. The first-order chi connectivity index (χ1) is 17.6. The lowest BCUT2D eigenvalue weighted by atomic mass is 10.2. The number of rotatable bonds is 9. The Morgan fingerprint density at radius 1 is 0.943 bits per heavy atom. The van der Waals surface area contributed by atoms with E-state index in [1.807, 2.05) is 0 Å². The highest BCUT2D eigenvalue weighted by atomic mass is 35.5. The van der Waals surface area contributed by atoms with Gasteiger partial charge in [-0.05, 0) is 35.9 Å². The largest absolute Gasteiger partial charge is 0.573 e. The lowest BCUT2D eigenvalue weighted by Crippen LogP contribution is -2.17. The van der Waals surface area contributed by atoms with Crippen LogP contribution in [0.1, 0.15) is 14.5 Å². The van der Waals surface area contributed by atoms with E-state index < -0.39 is 65.6 Å². The Morgan fingerprint density at radius 3 is 2.31 bits per heavy atom. The van der Waals surface area contributed by atoms with Crippen molar-refractivity contribution in [1.29, 1.82) is 0 Å². The number of halogens is 7. The number of ether oxygens (including phenoxy) is 5. The minimum Gasteiger partial charge on any atom is -0.493 e. The molecular formula is C22H13ClF6O6. The van der Waals surface area contributed by atoms with Crippen molar-refractivity contribution in [3.05, 3.63) is 66.0 Å². The van der Waals surface area contributed by atoms with E-state index >= 15 is 0 Å². The van der Waals surface area contributed by atoms with Crippen molar-refractivity contribution in [3.63, 3.8) is 0 Å². The minimum absolute atomic E-state index is 0.215. The van der Waals surface area contributed by atoms with Gasteiger partial charge in [0.15, 0.2) is 23.1 Å². The van der Waals surface area contributed by atoms with Gasteiger partial charge in [0, 0.05) is 18.2 Å². The Bertz CT molecular complexity index is 1320. The Hall–Kier alpha value is -3.80. The van der Waals surface area contributed by atoms with Crippen molar-refractivity contribution in [3.8, 4) is 40.2 Å². The smallest absolute Gasteiger partial charge is 0.493 e. The lowest BCUT2D eigenvalue weighted by molar-refractivity contribution is -0.274. The van der Waals surface area contributed by atoms with Crippen LogP contribution in [0.2, 0.25) is 0 Å². The average Bonchev–Trinajstić information content (AvgIpc) is 2.75. The highest BCUT2D eigenvalue weighted by Gasteiger charge is 2.31. The normalized spacial score (nSPS) is 12.9. The minimum atomic E-state index is -5.14. The van der Waals surface area contributed by atoms with Gasteiger partial charge >= 0.3 is 13.0 Å². The van der Waals surface area contributed by atoms with E-state index in [1.165, 1.54) is 24.3 Å². The van der Waals surface area contributed by atoms with E-state index in [2.05, 4.69) is 14.2 Å². The molecule has 6 nitrogen and oxygen atoms in total. The number of hydrogen-bond acceptors (Lipinski definition) is 6. The summed E-state index contributed by atoms with van der Waals surface area (Å²) in [4.78, 5) is 11.7. The molecule has 0 aliphatic carbocycles. The first-order valence-corrected chi connectivity index (χ1v) is 9.51. The molecular weight excluding hydrogens is 510 g/mol. The fraction of sp³-hybridized carbons (Fsp3) is 0.136. The van der Waals surface area contributed by atoms with Gasteiger partial charge in [0.05, 0.1) is 16.7 Å². The third kappa shape index (κ3) is 6.85. The van der Waals surface area contributed by atoms with E-state index in [1.54, 1.807) is 0 Å². The molecule has 35 heavy (non-hydrogen) atoms. The molecule has 3 aromatic rings. The maximum absolute atomic E-state index is 15.0. The molecule has 186 valence electrons. The number of carbonyl (C=O) groups is 1. The highest BCUT2D eigenvalue weighted by Crippen LogP contribution is 2.44. The molecule has 0 aliphatic heterocycles. The van der Waals surface area contributed by atoms with Crippen LogP contribution in [-0.4, -0.2) is 25.3 Å². The second kappa shape index (κ2) is 10.6. The summed E-state index contributed by atoms with van der Waals surface area (Å²) in [5.41, 5.74) is -0.215. The van der Waals surface area contributed by atoms with Crippen LogP contribution in [0.15, 0.2) is 54.6 Å². The summed E-state index contributed by atoms with van der Waals surface area (Å²) in [6, 6.07) is 8.50. The highest BCUT2D eigenvalue weighted by molar-refractivity contribution is 6.68. The van der Waals surface area contributed by atoms with E-state index in [9.17, 15) is 31.1 Å². The first kappa shape index (κ1) is 21.7. The van der Waals surface area contributed by atoms with Crippen LogP contribution >= 0.6 is 11.6 Å². The van der Waals surface area contributed by atoms with Crippen LogP contribution < -0.4 is 23.7 Å². The van der Waals surface area contributed by atoms with E-state index in [-0.39, 0.29) is 11.3 Å². The SMILES string of the molecule is [2H]C([2H])([2H])Oc1cc(OC(F)(F)F)ccc1Oc1cc(OC(F)F)cc(F)c1Oc1ccccc1C(=O)Cl. The predicted octanol–water partition coefficient (Wildman–Crippen LogP) is 7.30. The van der Waals surface area contributed by atoms with Crippen LogP contribution in [0, 0.1) is 5.82 Å². The van der Waals surface area contributed by atoms with E-state index in [4.69, 9.17) is 25.2 Å². The summed E-state index contributed by atoms with van der Waals surface area (Å²) >= 11 is 5.50. The van der Waals surface area contributed by atoms with Gasteiger partial charge in [-0.2, -0.15) is 8.78 Å². The summed E-state index contributed by atoms with van der Waals surface area (Å²) in [6.45, 7) is -3.39. The van der Waals surface area contributed by atoms with Gasteiger partial charge < -0.3 is 23.7 Å². The molecule has 0 spiro atoms. The van der Waals surface area contributed by atoms with Crippen LogP contribution in [0.3, 0.4) is 0 Å². The van der Waals surface area contributed by atoms with E-state index in [0.29, 0.717) is 18.2 Å². The number of benzene rings is 3. The maximum Gasteiger partial charge on any atom is 0.573 e. The monoisotopic (exact) mass is 525 g/mol. The Balaban J connectivity index is 2.12. The zero-order valence-electron chi connectivity index (χ0n) is 19.9. The second-order valence-electron chi connectivity index (χ2n) is 6.34. The molecule has 13 heteroatoms. The average molecular weight is 526 g/mol. The van der Waals surface area contributed by atoms with Gasteiger partial charge in [-0.3, -0.25) is 4.79 Å². The molecule has 0 N–H and O–H groups in total. The van der Waals surface area contributed by atoms with Gasteiger partial charge in [0.25, 0.3) is 5.24 Å². The molecule has 0 fully saturated rings. The zero-order valence-corrected chi connectivity index (χ0v) is 17.6. The molecule has 0 bridgehead atoms. The van der Waals surface area contributed by atoms with Crippen LogP contribution in [0.25, 0.3) is 0 Å². The van der Waals surface area contributed by atoms with Gasteiger partial charge in [0.1, 0.15) is 17.2 Å². The van der Waals surface area contributed by atoms with Gasteiger partial charge in [-0.1, -0.05) is 12.1 Å². The predicted molar refractivity (Wildman–Crippen MR) is 109 cm³/mol. The second-order valence-corrected chi connectivity index (χ2v) is 6.69. The molecule has 0 saturated carbocycles. The van der Waals surface area contributed by atoms with Crippen molar-refractivity contribution < 1.29 is 58.9 Å².